The highest BCUT2D eigenvalue weighted by molar-refractivity contribution is 7.45. The van der Waals surface area contributed by atoms with Crippen LogP contribution in [0.15, 0.2) is 0 Å². The van der Waals surface area contributed by atoms with Crippen molar-refractivity contribution in [2.75, 3.05) is 54.1 Å². The van der Waals surface area contributed by atoms with E-state index in [1.165, 1.54) is 96.3 Å². The minimum atomic E-state index is -4.23. The molecule has 4 aliphatic carbocycles. The average Bonchev–Trinajstić information content (AvgIpc) is 2.75. The first kappa shape index (κ1) is 30.6. The van der Waals surface area contributed by atoms with Crippen LogP contribution in [0.1, 0.15) is 110 Å². The van der Waals surface area contributed by atoms with Gasteiger partial charge in [0.2, 0.25) is 0 Å². The highest BCUT2D eigenvalue weighted by Crippen LogP contribution is 2.67. The molecule has 0 N–H and O–H groups in total. The largest absolute Gasteiger partial charge is 0.756 e. The Kier molecular flexibility index (Phi) is 11.8. The second-order valence-electron chi connectivity index (χ2n) is 13.7. The van der Waals surface area contributed by atoms with E-state index in [1.807, 2.05) is 21.1 Å². The van der Waals surface area contributed by atoms with E-state index in [2.05, 4.69) is 6.92 Å². The standard InChI is InChI=1S/C29H56NO5P/c1-5-6-7-8-9-10-11-12-16-33-17-13-28-21-26-20-27(22-28)24-29(23-26,25-28)14-18-34-36(31,32)35-19-15-30(2,3)4/h26-27H,5-25H2,1-4H3. The van der Waals surface area contributed by atoms with Crippen molar-refractivity contribution >= 4 is 7.82 Å². The van der Waals surface area contributed by atoms with Crippen LogP contribution in [0.5, 0.6) is 0 Å². The Labute approximate surface area is 222 Å². The summed E-state index contributed by atoms with van der Waals surface area (Å²) < 4.78 is 29.5. The van der Waals surface area contributed by atoms with Gasteiger partial charge in [-0.25, -0.2) is 0 Å². The van der Waals surface area contributed by atoms with E-state index in [1.54, 1.807) is 0 Å². The van der Waals surface area contributed by atoms with Crippen molar-refractivity contribution in [1.82, 2.24) is 0 Å². The van der Waals surface area contributed by atoms with E-state index in [9.17, 15) is 9.46 Å². The van der Waals surface area contributed by atoms with Crippen LogP contribution in [0.2, 0.25) is 0 Å². The molecule has 0 aromatic heterocycles. The molecule has 0 aliphatic heterocycles. The first-order valence-corrected chi connectivity index (χ1v) is 16.5. The summed E-state index contributed by atoms with van der Waals surface area (Å²) in [6.07, 6.45) is 20.5. The van der Waals surface area contributed by atoms with E-state index >= 15 is 0 Å². The molecular formula is C29H56NO5P. The summed E-state index contributed by atoms with van der Waals surface area (Å²) in [4.78, 5) is 12.3. The summed E-state index contributed by atoms with van der Waals surface area (Å²) in [5.41, 5.74) is 0.663. The molecule has 6 nitrogen and oxygen atoms in total. The van der Waals surface area contributed by atoms with Crippen molar-refractivity contribution in [3.63, 3.8) is 0 Å². The Morgan fingerprint density at radius 3 is 1.89 bits per heavy atom. The van der Waals surface area contributed by atoms with Crippen molar-refractivity contribution in [1.29, 1.82) is 0 Å². The fourth-order valence-electron chi connectivity index (χ4n) is 7.80. The topological polar surface area (TPSA) is 67.8 Å². The minimum Gasteiger partial charge on any atom is -0.756 e. The fraction of sp³-hybridized carbons (Fsp3) is 1.00. The summed E-state index contributed by atoms with van der Waals surface area (Å²) in [6, 6.07) is 0. The van der Waals surface area contributed by atoms with Gasteiger partial charge in [0.15, 0.2) is 0 Å². The minimum absolute atomic E-state index is 0.168. The highest BCUT2D eigenvalue weighted by Gasteiger charge is 2.56. The molecule has 4 aliphatic rings. The maximum atomic E-state index is 12.3. The Hall–Kier alpha value is 0.0300. The molecule has 7 heteroatoms. The third kappa shape index (κ3) is 10.3. The number of likely N-dealkylation sites (N-methyl/N-ethyl adjacent to an activating group) is 1. The zero-order valence-corrected chi connectivity index (χ0v) is 24.8. The average molecular weight is 530 g/mol. The van der Waals surface area contributed by atoms with E-state index in [0.717, 1.165) is 31.5 Å². The summed E-state index contributed by atoms with van der Waals surface area (Å²) in [5.74, 6) is 1.61. The molecule has 0 aromatic rings. The van der Waals surface area contributed by atoms with Crippen molar-refractivity contribution in [3.05, 3.63) is 0 Å². The number of quaternary nitrogens is 1. The number of hydrogen-bond acceptors (Lipinski definition) is 5. The van der Waals surface area contributed by atoms with Gasteiger partial charge in [0.25, 0.3) is 7.82 Å². The third-order valence-electron chi connectivity index (χ3n) is 9.12. The maximum Gasteiger partial charge on any atom is 0.268 e. The van der Waals surface area contributed by atoms with Crippen LogP contribution in [-0.4, -0.2) is 58.6 Å². The number of hydrogen-bond donors (Lipinski definition) is 0. The van der Waals surface area contributed by atoms with Gasteiger partial charge in [-0.1, -0.05) is 51.9 Å². The number of ether oxygens (including phenoxy) is 1. The van der Waals surface area contributed by atoms with E-state index in [0.29, 0.717) is 16.4 Å². The number of unbranched alkanes of at least 4 members (excludes halogenated alkanes) is 7. The molecule has 36 heavy (non-hydrogen) atoms. The first-order chi connectivity index (χ1) is 17.0. The van der Waals surface area contributed by atoms with Crippen LogP contribution in [0.3, 0.4) is 0 Å². The van der Waals surface area contributed by atoms with Crippen molar-refractivity contribution in [2.45, 2.75) is 110 Å². The van der Waals surface area contributed by atoms with Crippen LogP contribution in [-0.2, 0) is 18.3 Å². The summed E-state index contributed by atoms with van der Waals surface area (Å²) in [5, 5.41) is 0. The number of nitrogens with zero attached hydrogens (tertiary/aromatic N) is 1. The van der Waals surface area contributed by atoms with Crippen LogP contribution in [0.25, 0.3) is 0 Å². The Balaban J connectivity index is 1.35. The molecule has 4 bridgehead atoms. The quantitative estimate of drug-likeness (QED) is 0.0995. The zero-order chi connectivity index (χ0) is 26.1. The molecule has 212 valence electrons. The van der Waals surface area contributed by atoms with Gasteiger partial charge in [0.1, 0.15) is 13.2 Å². The predicted octanol–water partition coefficient (Wildman–Crippen LogP) is 6.72. The van der Waals surface area contributed by atoms with Crippen LogP contribution in [0, 0.1) is 22.7 Å². The smallest absolute Gasteiger partial charge is 0.268 e. The van der Waals surface area contributed by atoms with Gasteiger partial charge in [-0.15, -0.1) is 0 Å². The normalized spacial score (nSPS) is 31.1. The van der Waals surface area contributed by atoms with Crippen molar-refractivity contribution in [3.8, 4) is 0 Å². The van der Waals surface area contributed by atoms with Gasteiger partial charge >= 0.3 is 0 Å². The lowest BCUT2D eigenvalue weighted by molar-refractivity contribution is -0.870. The summed E-state index contributed by atoms with van der Waals surface area (Å²) in [6.45, 7) is 5.12. The molecule has 4 fully saturated rings. The van der Waals surface area contributed by atoms with E-state index in [-0.39, 0.29) is 18.6 Å². The van der Waals surface area contributed by atoms with Crippen LogP contribution < -0.4 is 4.89 Å². The van der Waals surface area contributed by atoms with Crippen molar-refractivity contribution in [2.24, 2.45) is 22.7 Å². The number of rotatable bonds is 20. The molecule has 0 radical (unpaired) electrons. The maximum absolute atomic E-state index is 12.3. The second kappa shape index (κ2) is 13.9. The third-order valence-corrected chi connectivity index (χ3v) is 10.1. The molecule has 3 unspecified atom stereocenters. The molecule has 0 aromatic carbocycles. The number of phosphoric ester groups is 1. The van der Waals surface area contributed by atoms with Crippen LogP contribution >= 0.6 is 7.82 Å². The fourth-order valence-corrected chi connectivity index (χ4v) is 8.50. The summed E-state index contributed by atoms with van der Waals surface area (Å²) in [7, 11) is 1.83. The Bertz CT molecular complexity index is 680. The number of phosphoric acid groups is 1. The molecule has 0 saturated heterocycles. The molecule has 3 atom stereocenters. The second-order valence-corrected chi connectivity index (χ2v) is 15.1. The molecule has 4 rings (SSSR count). The van der Waals surface area contributed by atoms with Gasteiger partial charge in [-0.2, -0.15) is 0 Å². The molecule has 0 amide bonds. The lowest BCUT2D eigenvalue weighted by Crippen LogP contribution is -2.52. The van der Waals surface area contributed by atoms with Gasteiger partial charge < -0.3 is 23.2 Å². The highest BCUT2D eigenvalue weighted by atomic mass is 31.2. The SMILES string of the molecule is CCCCCCCCCCOCCC12CC3CC(C1)CC(CCOP(=O)([O-])OCC[N+](C)(C)C)(C3)C2. The molecule has 4 saturated carbocycles. The van der Waals surface area contributed by atoms with Gasteiger partial charge in [-0.05, 0) is 80.5 Å². The summed E-state index contributed by atoms with van der Waals surface area (Å²) >= 11 is 0. The van der Waals surface area contributed by atoms with Gasteiger partial charge in [0.05, 0.1) is 27.7 Å². The van der Waals surface area contributed by atoms with Gasteiger partial charge in [-0.3, -0.25) is 4.57 Å². The first-order valence-electron chi connectivity index (χ1n) is 15.0. The van der Waals surface area contributed by atoms with Crippen LogP contribution in [0.4, 0.5) is 0 Å². The van der Waals surface area contributed by atoms with Gasteiger partial charge in [0, 0.05) is 13.2 Å². The zero-order valence-electron chi connectivity index (χ0n) is 23.9. The predicted molar refractivity (Wildman–Crippen MR) is 145 cm³/mol. The molecular weight excluding hydrogens is 473 g/mol. The molecule has 0 heterocycles. The lowest BCUT2D eigenvalue weighted by atomic mass is 9.43. The Morgan fingerprint density at radius 2 is 1.31 bits per heavy atom. The lowest BCUT2D eigenvalue weighted by Gasteiger charge is -2.62. The monoisotopic (exact) mass is 529 g/mol. The van der Waals surface area contributed by atoms with E-state index < -0.39 is 7.82 Å². The molecule has 0 spiro atoms. The Morgan fingerprint density at radius 1 is 0.778 bits per heavy atom. The van der Waals surface area contributed by atoms with E-state index in [4.69, 9.17) is 13.8 Å². The van der Waals surface area contributed by atoms with Crippen molar-refractivity contribution < 1.29 is 27.7 Å².